The maximum absolute atomic E-state index is 15.2. The van der Waals surface area contributed by atoms with Gasteiger partial charge in [0.2, 0.25) is 0 Å². The zero-order valence-electron chi connectivity index (χ0n) is 42.5. The number of methoxy groups -OCH3 is 1. The second kappa shape index (κ2) is 23.8. The zero-order chi connectivity index (χ0) is 50.0. The molecule has 0 spiro atoms. The van der Waals surface area contributed by atoms with Crippen molar-refractivity contribution in [2.75, 3.05) is 7.11 Å². The number of nitrogens with zero attached hydrogens (tertiary/aromatic N) is 1. The fourth-order valence-corrected chi connectivity index (χ4v) is 12.0. The molecule has 1 aliphatic heterocycles. The lowest BCUT2D eigenvalue weighted by Gasteiger charge is -2.39. The lowest BCUT2D eigenvalue weighted by atomic mass is 9.75. The molecule has 1 atom stereocenters. The third-order valence-corrected chi connectivity index (χ3v) is 16.2. The summed E-state index contributed by atoms with van der Waals surface area (Å²) >= 11 is 0. The molecule has 1 heterocycles. The van der Waals surface area contributed by atoms with E-state index in [0.29, 0.717) is 57.9 Å². The molecule has 3 amide bonds. The van der Waals surface area contributed by atoms with E-state index in [-0.39, 0.29) is 35.9 Å². The maximum atomic E-state index is 15.2. The van der Waals surface area contributed by atoms with E-state index in [0.717, 1.165) is 114 Å². The van der Waals surface area contributed by atoms with Gasteiger partial charge in [-0.2, -0.15) is 0 Å². The molecule has 7 nitrogen and oxygen atoms in total. The van der Waals surface area contributed by atoms with Crippen LogP contribution in [0.3, 0.4) is 0 Å². The standard InChI is InChI=1S/C64H75N3O4/c1-7-54(48-23-15-10-16-24-48)56(38-33-50(47-21-13-9-14-22-47)40-57(42(3)44(5)71-6)62(68)66-52-27-19-12-20-28-52)61-43(4)60-55(8-2)63(69)67(64(70)59(60)41-58(61)49-25-17-11-18-26-49)53-36-31-46(32-37-53)39-45-29-34-51(65)35-30-45/h7-11,13-18,21-26,40-41,44-46,51-53H,1-2,4,12,19-20,27-39,65H2,3,5-6H3,(H,66,68)/b50-40+,56-54-,57-42-/t44-,45?,46?,51?,53?/m1/s1. The Bertz CT molecular complexity index is 2780. The van der Waals surface area contributed by atoms with Crippen molar-refractivity contribution in [1.29, 1.82) is 0 Å². The van der Waals surface area contributed by atoms with E-state index in [2.05, 4.69) is 60.9 Å². The van der Waals surface area contributed by atoms with Crippen molar-refractivity contribution in [3.8, 4) is 11.1 Å². The molecule has 4 aliphatic rings. The fraction of sp³-hybridized carbons (Fsp3) is 0.391. The third kappa shape index (κ3) is 11.6. The van der Waals surface area contributed by atoms with E-state index in [4.69, 9.17) is 17.0 Å². The fourth-order valence-electron chi connectivity index (χ4n) is 12.0. The number of nitrogens with two attached hydrogens (primary N) is 1. The smallest absolute Gasteiger partial charge is 0.261 e. The molecule has 0 unspecified atom stereocenters. The second-order valence-corrected chi connectivity index (χ2v) is 20.6. The van der Waals surface area contributed by atoms with Crippen molar-refractivity contribution in [3.05, 3.63) is 172 Å². The second-order valence-electron chi connectivity index (χ2n) is 20.6. The maximum Gasteiger partial charge on any atom is 0.261 e. The van der Waals surface area contributed by atoms with Gasteiger partial charge in [-0.15, -0.1) is 0 Å². The quantitative estimate of drug-likeness (QED) is 0.0475. The lowest BCUT2D eigenvalue weighted by Crippen LogP contribution is -2.54. The molecule has 71 heavy (non-hydrogen) atoms. The van der Waals surface area contributed by atoms with Gasteiger partial charge in [0.05, 0.1) is 6.10 Å². The Morgan fingerprint density at radius 2 is 1.37 bits per heavy atom. The highest BCUT2D eigenvalue weighted by Crippen LogP contribution is 2.40. The van der Waals surface area contributed by atoms with Crippen molar-refractivity contribution in [2.24, 2.45) is 17.6 Å². The molecule has 3 saturated carbocycles. The summed E-state index contributed by atoms with van der Waals surface area (Å²) < 4.78 is 5.84. The van der Waals surface area contributed by atoms with Gasteiger partial charge < -0.3 is 15.8 Å². The normalized spacial score (nSPS) is 22.2. The van der Waals surface area contributed by atoms with Gasteiger partial charge >= 0.3 is 0 Å². The van der Waals surface area contributed by atoms with Crippen LogP contribution in [0.15, 0.2) is 140 Å². The van der Waals surface area contributed by atoms with Gasteiger partial charge in [-0.05, 0) is 177 Å². The van der Waals surface area contributed by atoms with Crippen molar-refractivity contribution in [3.63, 3.8) is 0 Å². The number of nitrogens with one attached hydrogen (secondary N) is 1. The molecule has 0 saturated heterocycles. The average molecular weight is 950 g/mol. The molecule has 0 aromatic heterocycles. The highest BCUT2D eigenvalue weighted by Gasteiger charge is 2.40. The number of allylic oxidation sites excluding steroid dienone is 4. The highest BCUT2D eigenvalue weighted by molar-refractivity contribution is 6.27. The summed E-state index contributed by atoms with van der Waals surface area (Å²) in [5.41, 5.74) is 16.0. The predicted octanol–water partition coefficient (Wildman–Crippen LogP) is 12.3. The minimum atomic E-state index is -0.302. The van der Waals surface area contributed by atoms with Crippen LogP contribution in [-0.2, 0) is 14.3 Å². The van der Waals surface area contributed by atoms with E-state index in [1.807, 2.05) is 80.6 Å². The van der Waals surface area contributed by atoms with Gasteiger partial charge in [-0.1, -0.05) is 142 Å². The summed E-state index contributed by atoms with van der Waals surface area (Å²) in [6, 6.07) is 33.0. The zero-order valence-corrected chi connectivity index (χ0v) is 42.5. The minimum Gasteiger partial charge on any atom is -0.377 e. The Morgan fingerprint density at radius 1 is 0.775 bits per heavy atom. The Morgan fingerprint density at radius 3 is 1.96 bits per heavy atom. The molecule has 3 N–H and O–H groups in total. The van der Waals surface area contributed by atoms with Crippen molar-refractivity contribution in [2.45, 2.75) is 141 Å². The van der Waals surface area contributed by atoms with Gasteiger partial charge in [0, 0.05) is 47.2 Å². The summed E-state index contributed by atoms with van der Waals surface area (Å²) in [6.07, 6.45) is 21.1. The SMILES string of the molecule is C=CC1=c2c(cc(-c3ccccc3)c(/C(CC/C(=C\C(C(=O)NC3CCCCC3)=C(/C)[C@@H](C)OC)c3ccccc3)=C(/C=C)c3ccccc3)c2=C)C(=O)N(C2CCC(CC3CCC(N)CC3)CC2)C1=O. The van der Waals surface area contributed by atoms with Crippen LogP contribution in [0, 0.1) is 11.8 Å². The highest BCUT2D eigenvalue weighted by atomic mass is 16.5. The number of rotatable bonds is 17. The Hall–Kier alpha value is -6.15. The van der Waals surface area contributed by atoms with E-state index >= 15 is 4.79 Å². The van der Waals surface area contributed by atoms with Crippen LogP contribution < -0.4 is 21.5 Å². The number of carbonyl (C=O) groups is 3. The molecule has 0 radical (unpaired) electrons. The van der Waals surface area contributed by atoms with Gasteiger partial charge in [-0.3, -0.25) is 19.3 Å². The minimum absolute atomic E-state index is 0.0892. The first-order chi connectivity index (χ1) is 34.5. The van der Waals surface area contributed by atoms with Crippen LogP contribution in [0.4, 0.5) is 0 Å². The monoisotopic (exact) mass is 950 g/mol. The largest absolute Gasteiger partial charge is 0.377 e. The van der Waals surface area contributed by atoms with Crippen LogP contribution in [0.2, 0.25) is 0 Å². The number of benzene rings is 4. The number of amides is 3. The molecule has 0 bridgehead atoms. The number of hydrogen-bond acceptors (Lipinski definition) is 5. The van der Waals surface area contributed by atoms with E-state index in [1.165, 1.54) is 25.7 Å². The molecule has 3 fully saturated rings. The lowest BCUT2D eigenvalue weighted by molar-refractivity contribution is -0.125. The Kier molecular flexibility index (Phi) is 17.2. The van der Waals surface area contributed by atoms with Crippen molar-refractivity contribution in [1.82, 2.24) is 10.2 Å². The van der Waals surface area contributed by atoms with Gasteiger partial charge in [0.15, 0.2) is 0 Å². The number of imide groups is 1. The number of hydrogen-bond donors (Lipinski definition) is 2. The molecule has 8 rings (SSSR count). The van der Waals surface area contributed by atoms with Crippen LogP contribution in [-0.4, -0.2) is 54.0 Å². The first-order valence-electron chi connectivity index (χ1n) is 26.4. The Balaban J connectivity index is 1.25. The molecule has 4 aromatic carbocycles. The van der Waals surface area contributed by atoms with Crippen molar-refractivity contribution < 1.29 is 19.1 Å². The first kappa shape index (κ1) is 51.2. The summed E-state index contributed by atoms with van der Waals surface area (Å²) in [5, 5.41) is 4.53. The molecule has 370 valence electrons. The van der Waals surface area contributed by atoms with Gasteiger partial charge in [0.1, 0.15) is 0 Å². The number of fused-ring (bicyclic) bond motifs is 1. The Labute approximate surface area is 423 Å². The summed E-state index contributed by atoms with van der Waals surface area (Å²) in [5.74, 6) is 0.650. The third-order valence-electron chi connectivity index (χ3n) is 16.2. The van der Waals surface area contributed by atoms with E-state index in [1.54, 1.807) is 18.1 Å². The van der Waals surface area contributed by atoms with E-state index < -0.39 is 0 Å². The molecular weight excluding hydrogens is 875 g/mol. The summed E-state index contributed by atoms with van der Waals surface area (Å²) in [4.78, 5) is 46.1. The first-order valence-corrected chi connectivity index (χ1v) is 26.4. The van der Waals surface area contributed by atoms with Gasteiger partial charge in [-0.25, -0.2) is 0 Å². The van der Waals surface area contributed by atoms with Crippen molar-refractivity contribution >= 4 is 46.6 Å². The number of ether oxygens (including phenoxy) is 1. The van der Waals surface area contributed by atoms with E-state index in [9.17, 15) is 9.59 Å². The summed E-state index contributed by atoms with van der Waals surface area (Å²) in [7, 11) is 1.68. The molecule has 7 heteroatoms. The van der Waals surface area contributed by atoms with Crippen LogP contribution in [0.1, 0.15) is 144 Å². The van der Waals surface area contributed by atoms with Crippen LogP contribution in [0.5, 0.6) is 0 Å². The number of carbonyl (C=O) groups excluding carboxylic acids is 3. The van der Waals surface area contributed by atoms with Gasteiger partial charge in [0.25, 0.3) is 17.7 Å². The molecular formula is C64H75N3O4. The predicted molar refractivity (Wildman–Crippen MR) is 293 cm³/mol. The average Bonchev–Trinajstić information content (AvgIpc) is 3.40. The topological polar surface area (TPSA) is 102 Å². The van der Waals surface area contributed by atoms with Crippen LogP contribution >= 0.6 is 0 Å². The molecule has 4 aromatic rings. The van der Waals surface area contributed by atoms with Crippen LogP contribution in [0.25, 0.3) is 40.0 Å². The molecule has 3 aliphatic carbocycles. The summed E-state index contributed by atoms with van der Waals surface area (Å²) in [6.45, 7) is 17.4.